The van der Waals surface area contributed by atoms with Gasteiger partial charge in [0.1, 0.15) is 0 Å². The number of rotatable bonds is 2. The van der Waals surface area contributed by atoms with E-state index in [9.17, 15) is 0 Å². The van der Waals surface area contributed by atoms with E-state index in [0.717, 1.165) is 17.1 Å². The fourth-order valence-corrected chi connectivity index (χ4v) is 1.47. The first-order valence-corrected chi connectivity index (χ1v) is 4.34. The lowest BCUT2D eigenvalue weighted by molar-refractivity contribution is 0.173. The van der Waals surface area contributed by atoms with Gasteiger partial charge in [-0.3, -0.25) is 0 Å². The van der Waals surface area contributed by atoms with Gasteiger partial charge >= 0.3 is 0 Å². The molecule has 0 saturated heterocycles. The molecule has 1 heterocycles. The zero-order valence-corrected chi connectivity index (χ0v) is 7.76. The molecule has 1 aromatic carbocycles. The fraction of sp³-hybridized carbons (Fsp3) is 0.222. The van der Waals surface area contributed by atoms with Crippen molar-refractivity contribution in [3.8, 4) is 11.5 Å². The minimum absolute atomic E-state index is 0.281. The molecular weight excluding hydrogens is 186 g/mol. The Bertz CT molecular complexity index is 351. The maximum atomic E-state index is 5.45. The van der Waals surface area contributed by atoms with E-state index in [1.54, 1.807) is 0 Å². The van der Waals surface area contributed by atoms with Gasteiger partial charge in [0.15, 0.2) is 11.5 Å². The quantitative estimate of drug-likeness (QED) is 0.721. The number of ether oxygens (including phenoxy) is 2. The van der Waals surface area contributed by atoms with Crippen LogP contribution >= 0.6 is 12.2 Å². The van der Waals surface area contributed by atoms with Crippen LogP contribution in [0.4, 0.5) is 0 Å². The van der Waals surface area contributed by atoms with Gasteiger partial charge in [-0.05, 0) is 6.07 Å². The van der Waals surface area contributed by atoms with E-state index in [2.05, 4.69) is 0 Å². The molecule has 0 radical (unpaired) electrons. The van der Waals surface area contributed by atoms with Crippen LogP contribution in [-0.2, 0) is 6.42 Å². The summed E-state index contributed by atoms with van der Waals surface area (Å²) >= 11 is 4.83. The molecule has 2 rings (SSSR count). The third kappa shape index (κ3) is 1.58. The van der Waals surface area contributed by atoms with Crippen molar-refractivity contribution in [3.05, 3.63) is 23.8 Å². The van der Waals surface area contributed by atoms with Gasteiger partial charge in [0.25, 0.3) is 0 Å². The summed E-state index contributed by atoms with van der Waals surface area (Å²) in [7, 11) is 0. The molecule has 2 N–H and O–H groups in total. The normalized spacial score (nSPS) is 12.9. The van der Waals surface area contributed by atoms with Gasteiger partial charge in [0, 0.05) is 12.0 Å². The number of hydrogen-bond acceptors (Lipinski definition) is 3. The van der Waals surface area contributed by atoms with E-state index < -0.39 is 0 Å². The SMILES string of the molecule is NC(=S)Cc1cccc2c1OCO2. The lowest BCUT2D eigenvalue weighted by Crippen LogP contribution is -2.11. The second-order valence-electron chi connectivity index (χ2n) is 2.79. The molecule has 13 heavy (non-hydrogen) atoms. The predicted octanol–water partition coefficient (Wildman–Crippen LogP) is 1.24. The summed E-state index contributed by atoms with van der Waals surface area (Å²) in [6.07, 6.45) is 0.557. The van der Waals surface area contributed by atoms with Crippen LogP contribution in [0.1, 0.15) is 5.56 Å². The van der Waals surface area contributed by atoms with Crippen LogP contribution in [0, 0.1) is 0 Å². The molecule has 0 amide bonds. The zero-order valence-electron chi connectivity index (χ0n) is 6.95. The highest BCUT2D eigenvalue weighted by Gasteiger charge is 2.16. The molecule has 0 fully saturated rings. The first kappa shape index (κ1) is 8.31. The summed E-state index contributed by atoms with van der Waals surface area (Å²) in [5.41, 5.74) is 6.44. The van der Waals surface area contributed by atoms with E-state index >= 15 is 0 Å². The summed E-state index contributed by atoms with van der Waals surface area (Å²) in [5, 5.41) is 0. The van der Waals surface area contributed by atoms with Crippen LogP contribution in [0.3, 0.4) is 0 Å². The van der Waals surface area contributed by atoms with Crippen molar-refractivity contribution in [1.82, 2.24) is 0 Å². The van der Waals surface area contributed by atoms with Gasteiger partial charge in [-0.15, -0.1) is 0 Å². The highest BCUT2D eigenvalue weighted by atomic mass is 32.1. The highest BCUT2D eigenvalue weighted by molar-refractivity contribution is 7.80. The maximum absolute atomic E-state index is 5.45. The van der Waals surface area contributed by atoms with Crippen LogP contribution in [0.2, 0.25) is 0 Å². The number of thiocarbonyl (C=S) groups is 1. The van der Waals surface area contributed by atoms with Gasteiger partial charge in [-0.25, -0.2) is 0 Å². The Labute approximate surface area is 81.4 Å². The molecule has 1 aromatic rings. The van der Waals surface area contributed by atoms with Gasteiger partial charge in [-0.1, -0.05) is 24.4 Å². The van der Waals surface area contributed by atoms with Gasteiger partial charge in [0.05, 0.1) is 4.99 Å². The molecule has 0 spiro atoms. The van der Waals surface area contributed by atoms with Crippen molar-refractivity contribution in [2.75, 3.05) is 6.79 Å². The second-order valence-corrected chi connectivity index (χ2v) is 3.32. The largest absolute Gasteiger partial charge is 0.454 e. The standard InChI is InChI=1S/C9H9NO2S/c10-8(13)4-6-2-1-3-7-9(6)12-5-11-7/h1-3H,4-5H2,(H2,10,13). The van der Waals surface area contributed by atoms with Crippen molar-refractivity contribution in [1.29, 1.82) is 0 Å². The Morgan fingerprint density at radius 2 is 2.31 bits per heavy atom. The number of benzene rings is 1. The Morgan fingerprint density at radius 3 is 3.08 bits per heavy atom. The molecule has 0 atom stereocenters. The van der Waals surface area contributed by atoms with Crippen molar-refractivity contribution < 1.29 is 9.47 Å². The summed E-state index contributed by atoms with van der Waals surface area (Å²) < 4.78 is 10.5. The Morgan fingerprint density at radius 1 is 1.46 bits per heavy atom. The van der Waals surface area contributed by atoms with Crippen molar-refractivity contribution in [2.45, 2.75) is 6.42 Å². The average Bonchev–Trinajstić information content (AvgIpc) is 2.51. The first-order chi connectivity index (χ1) is 6.27. The fourth-order valence-electron chi connectivity index (χ4n) is 1.32. The third-order valence-corrected chi connectivity index (χ3v) is 1.99. The summed E-state index contributed by atoms with van der Waals surface area (Å²) in [6, 6.07) is 5.71. The Kier molecular flexibility index (Phi) is 2.06. The molecule has 1 aliphatic heterocycles. The van der Waals surface area contributed by atoms with Gasteiger partial charge in [-0.2, -0.15) is 0 Å². The Hall–Kier alpha value is -1.29. The third-order valence-electron chi connectivity index (χ3n) is 1.84. The summed E-state index contributed by atoms with van der Waals surface area (Å²) in [6.45, 7) is 0.281. The zero-order chi connectivity index (χ0) is 9.26. The minimum Gasteiger partial charge on any atom is -0.454 e. The molecule has 0 aromatic heterocycles. The summed E-state index contributed by atoms with van der Waals surface area (Å²) in [4.78, 5) is 0.462. The second kappa shape index (κ2) is 3.22. The lowest BCUT2D eigenvalue weighted by Gasteiger charge is -2.03. The monoisotopic (exact) mass is 195 g/mol. The molecular formula is C9H9NO2S. The van der Waals surface area contributed by atoms with Crippen LogP contribution in [0.5, 0.6) is 11.5 Å². The lowest BCUT2D eigenvalue weighted by atomic mass is 10.1. The van der Waals surface area contributed by atoms with E-state index in [0.29, 0.717) is 11.4 Å². The highest BCUT2D eigenvalue weighted by Crippen LogP contribution is 2.35. The first-order valence-electron chi connectivity index (χ1n) is 3.93. The van der Waals surface area contributed by atoms with Crippen molar-refractivity contribution in [2.24, 2.45) is 5.73 Å². The van der Waals surface area contributed by atoms with E-state index in [1.165, 1.54) is 0 Å². The van der Waals surface area contributed by atoms with E-state index in [4.69, 9.17) is 27.4 Å². The Balaban J connectivity index is 2.36. The molecule has 3 nitrogen and oxygen atoms in total. The van der Waals surface area contributed by atoms with E-state index in [1.807, 2.05) is 18.2 Å². The van der Waals surface area contributed by atoms with Crippen LogP contribution in [0.25, 0.3) is 0 Å². The number of nitrogens with two attached hydrogens (primary N) is 1. The number of para-hydroxylation sites is 1. The molecule has 0 bridgehead atoms. The topological polar surface area (TPSA) is 44.5 Å². The molecule has 0 unspecified atom stereocenters. The van der Waals surface area contributed by atoms with Crippen molar-refractivity contribution in [3.63, 3.8) is 0 Å². The van der Waals surface area contributed by atoms with Crippen LogP contribution in [0.15, 0.2) is 18.2 Å². The molecule has 1 aliphatic rings. The van der Waals surface area contributed by atoms with Gasteiger partial charge < -0.3 is 15.2 Å². The number of fused-ring (bicyclic) bond motifs is 1. The number of hydrogen-bond donors (Lipinski definition) is 1. The smallest absolute Gasteiger partial charge is 0.231 e. The van der Waals surface area contributed by atoms with Gasteiger partial charge in [0.2, 0.25) is 6.79 Å². The van der Waals surface area contributed by atoms with Crippen LogP contribution in [-0.4, -0.2) is 11.8 Å². The minimum atomic E-state index is 0.281. The van der Waals surface area contributed by atoms with Crippen molar-refractivity contribution >= 4 is 17.2 Å². The summed E-state index contributed by atoms with van der Waals surface area (Å²) in [5.74, 6) is 1.55. The predicted molar refractivity (Wildman–Crippen MR) is 53.1 cm³/mol. The molecule has 0 saturated carbocycles. The molecule has 0 aliphatic carbocycles. The molecule has 68 valence electrons. The van der Waals surface area contributed by atoms with Crippen LogP contribution < -0.4 is 15.2 Å². The van der Waals surface area contributed by atoms with E-state index in [-0.39, 0.29) is 6.79 Å². The molecule has 4 heteroatoms. The average molecular weight is 195 g/mol. The maximum Gasteiger partial charge on any atom is 0.231 e.